The van der Waals surface area contributed by atoms with Crippen molar-refractivity contribution in [3.05, 3.63) is 34.9 Å². The summed E-state index contributed by atoms with van der Waals surface area (Å²) in [4.78, 5) is 0. The van der Waals surface area contributed by atoms with E-state index in [-0.39, 0.29) is 11.5 Å². The van der Waals surface area contributed by atoms with Crippen LogP contribution < -0.4 is 10.3 Å². The molecule has 0 saturated heterocycles. The second kappa shape index (κ2) is 4.73. The molecule has 0 atom stereocenters. The monoisotopic (exact) mass is 278 g/mol. The average molecular weight is 278 g/mol. The van der Waals surface area contributed by atoms with Gasteiger partial charge in [0, 0.05) is 0 Å². The molecule has 0 unspecified atom stereocenters. The molecule has 1 aromatic rings. The summed E-state index contributed by atoms with van der Waals surface area (Å²) in [5.74, 6) is -0.544. The van der Waals surface area contributed by atoms with Gasteiger partial charge in [0.25, 0.3) is 0 Å². The lowest BCUT2D eigenvalue weighted by atomic mass is 10.1. The molecule has 0 aliphatic rings. The number of nitrogens with two attached hydrogens (primary N) is 2. The molecule has 0 bridgehead atoms. The van der Waals surface area contributed by atoms with Crippen LogP contribution in [0.5, 0.6) is 0 Å². The Balaban J connectivity index is 3.02. The molecule has 0 aliphatic heterocycles. The Morgan fingerprint density at radius 1 is 1.00 bits per heavy atom. The summed E-state index contributed by atoms with van der Waals surface area (Å²) in [6.07, 6.45) is 0. The fourth-order valence-electron chi connectivity index (χ4n) is 1.46. The molecule has 0 fully saturated rings. The quantitative estimate of drug-likeness (QED) is 0.776. The Labute approximate surface area is 101 Å². The molecule has 0 aliphatic carbocycles. The highest BCUT2D eigenvalue weighted by Gasteiger charge is 2.10. The van der Waals surface area contributed by atoms with E-state index in [4.69, 9.17) is 10.3 Å². The van der Waals surface area contributed by atoms with Gasteiger partial charge >= 0.3 is 0 Å². The number of primary sulfonamides is 2. The third kappa shape index (κ3) is 5.26. The van der Waals surface area contributed by atoms with E-state index in [1.807, 2.05) is 0 Å². The van der Waals surface area contributed by atoms with E-state index in [1.54, 1.807) is 19.1 Å². The van der Waals surface area contributed by atoms with Crippen LogP contribution in [-0.2, 0) is 31.6 Å². The summed E-state index contributed by atoms with van der Waals surface area (Å²) in [5, 5.41) is 9.85. The van der Waals surface area contributed by atoms with Crippen LogP contribution in [0.3, 0.4) is 0 Å². The van der Waals surface area contributed by atoms with E-state index in [1.165, 1.54) is 6.07 Å². The average Bonchev–Trinajstić information content (AvgIpc) is 2.05. The Morgan fingerprint density at radius 2 is 1.53 bits per heavy atom. The van der Waals surface area contributed by atoms with Gasteiger partial charge in [0.2, 0.25) is 20.0 Å². The Hall–Kier alpha value is -0.960. The van der Waals surface area contributed by atoms with E-state index in [2.05, 4.69) is 0 Å². The first-order valence-corrected chi connectivity index (χ1v) is 8.09. The first-order chi connectivity index (χ1) is 7.57. The van der Waals surface area contributed by atoms with Crippen LogP contribution in [0.2, 0.25) is 0 Å². The van der Waals surface area contributed by atoms with Crippen molar-refractivity contribution in [2.24, 2.45) is 10.3 Å². The number of aryl methyl sites for hydroxylation is 1. The third-order valence-corrected chi connectivity index (χ3v) is 3.58. The number of hydrogen-bond donors (Lipinski definition) is 2. The van der Waals surface area contributed by atoms with E-state index < -0.39 is 20.0 Å². The van der Waals surface area contributed by atoms with Crippen molar-refractivity contribution in [1.82, 2.24) is 0 Å². The molecule has 6 nitrogen and oxygen atoms in total. The Morgan fingerprint density at radius 3 is 1.94 bits per heavy atom. The van der Waals surface area contributed by atoms with Gasteiger partial charge in [-0.2, -0.15) is 0 Å². The summed E-state index contributed by atoms with van der Waals surface area (Å²) >= 11 is 0. The minimum atomic E-state index is -3.59. The van der Waals surface area contributed by atoms with Gasteiger partial charge in [-0.05, 0) is 23.6 Å². The molecule has 0 saturated carbocycles. The number of hydrogen-bond acceptors (Lipinski definition) is 4. The largest absolute Gasteiger partial charge is 0.228 e. The van der Waals surface area contributed by atoms with E-state index in [0.717, 1.165) is 0 Å². The molecule has 4 N–H and O–H groups in total. The van der Waals surface area contributed by atoms with E-state index >= 15 is 0 Å². The second-order valence-electron chi connectivity index (χ2n) is 3.88. The molecule has 17 heavy (non-hydrogen) atoms. The smallest absolute Gasteiger partial charge is 0.213 e. The fraction of sp³-hybridized carbons (Fsp3) is 0.333. The summed E-state index contributed by atoms with van der Waals surface area (Å²) in [7, 11) is -7.18. The van der Waals surface area contributed by atoms with E-state index in [0.29, 0.717) is 16.7 Å². The van der Waals surface area contributed by atoms with Gasteiger partial charge in [-0.3, -0.25) is 0 Å². The normalized spacial score (nSPS) is 12.6. The van der Waals surface area contributed by atoms with Crippen LogP contribution in [0.15, 0.2) is 18.2 Å². The maximum atomic E-state index is 10.9. The number of benzene rings is 1. The van der Waals surface area contributed by atoms with Crippen molar-refractivity contribution in [3.63, 3.8) is 0 Å². The molecular weight excluding hydrogens is 264 g/mol. The molecule has 8 heteroatoms. The molecule has 0 amide bonds. The maximum Gasteiger partial charge on any atom is 0.213 e. The van der Waals surface area contributed by atoms with Crippen molar-refractivity contribution >= 4 is 20.0 Å². The number of rotatable bonds is 4. The standard InChI is InChI=1S/C9H14N2O4S2/c1-7-4-8(5-16(10,12)13)2-3-9(7)6-17(11,14)15/h2-4H,5-6H2,1H3,(H2,10,12,13)(H2,11,14,15). The Bertz CT molecular complexity index is 620. The van der Waals surface area contributed by atoms with Gasteiger partial charge in [-0.1, -0.05) is 18.2 Å². The first-order valence-electron chi connectivity index (χ1n) is 4.66. The zero-order chi connectivity index (χ0) is 13.3. The van der Waals surface area contributed by atoms with Crippen LogP contribution in [0.1, 0.15) is 16.7 Å². The lowest BCUT2D eigenvalue weighted by Crippen LogP contribution is -2.16. The van der Waals surface area contributed by atoms with Crippen molar-refractivity contribution in [2.45, 2.75) is 18.4 Å². The van der Waals surface area contributed by atoms with Gasteiger partial charge in [-0.25, -0.2) is 27.1 Å². The number of sulfonamides is 2. The lowest BCUT2D eigenvalue weighted by Gasteiger charge is -2.07. The summed E-state index contributed by atoms with van der Waals surface area (Å²) in [5.41, 5.74) is 1.73. The molecule has 0 spiro atoms. The van der Waals surface area contributed by atoms with Crippen LogP contribution in [-0.4, -0.2) is 16.8 Å². The molecule has 1 rings (SSSR count). The van der Waals surface area contributed by atoms with Gasteiger partial charge in [0.05, 0.1) is 11.5 Å². The Kier molecular flexibility index (Phi) is 3.92. The van der Waals surface area contributed by atoms with Crippen LogP contribution in [0.25, 0.3) is 0 Å². The van der Waals surface area contributed by atoms with Crippen LogP contribution >= 0.6 is 0 Å². The topological polar surface area (TPSA) is 120 Å². The van der Waals surface area contributed by atoms with Gasteiger partial charge in [0.1, 0.15) is 0 Å². The SMILES string of the molecule is Cc1cc(CS(N)(=O)=O)ccc1CS(N)(=O)=O. The summed E-state index contributed by atoms with van der Waals surface area (Å²) in [6.45, 7) is 1.69. The summed E-state index contributed by atoms with van der Waals surface area (Å²) < 4.78 is 43.6. The zero-order valence-electron chi connectivity index (χ0n) is 9.25. The minimum absolute atomic E-state index is 0.269. The van der Waals surface area contributed by atoms with Crippen molar-refractivity contribution < 1.29 is 16.8 Å². The van der Waals surface area contributed by atoms with Gasteiger partial charge in [-0.15, -0.1) is 0 Å². The van der Waals surface area contributed by atoms with E-state index in [9.17, 15) is 16.8 Å². The molecule has 96 valence electrons. The zero-order valence-corrected chi connectivity index (χ0v) is 10.9. The summed E-state index contributed by atoms with van der Waals surface area (Å²) in [6, 6.07) is 4.66. The van der Waals surface area contributed by atoms with Crippen LogP contribution in [0.4, 0.5) is 0 Å². The fourth-order valence-corrected chi connectivity index (χ4v) is 2.86. The van der Waals surface area contributed by atoms with Gasteiger partial charge < -0.3 is 0 Å². The first kappa shape index (κ1) is 14.1. The van der Waals surface area contributed by atoms with Crippen molar-refractivity contribution in [1.29, 1.82) is 0 Å². The van der Waals surface area contributed by atoms with Crippen molar-refractivity contribution in [2.75, 3.05) is 0 Å². The highest BCUT2D eigenvalue weighted by atomic mass is 32.2. The highest BCUT2D eigenvalue weighted by Crippen LogP contribution is 2.14. The predicted molar refractivity (Wildman–Crippen MR) is 64.8 cm³/mol. The van der Waals surface area contributed by atoms with Gasteiger partial charge in [0.15, 0.2) is 0 Å². The highest BCUT2D eigenvalue weighted by molar-refractivity contribution is 7.88. The molecule has 0 heterocycles. The second-order valence-corrected chi connectivity index (χ2v) is 7.10. The van der Waals surface area contributed by atoms with Crippen molar-refractivity contribution in [3.8, 4) is 0 Å². The molecular formula is C9H14N2O4S2. The maximum absolute atomic E-state index is 10.9. The molecule has 1 aromatic carbocycles. The third-order valence-electron chi connectivity index (χ3n) is 2.13. The molecule has 0 radical (unpaired) electrons. The molecule has 0 aromatic heterocycles. The predicted octanol–water partition coefficient (Wildman–Crippen LogP) is -0.428. The minimum Gasteiger partial charge on any atom is -0.228 e. The lowest BCUT2D eigenvalue weighted by molar-refractivity contribution is 0.594. The van der Waals surface area contributed by atoms with Crippen LogP contribution in [0, 0.1) is 6.92 Å².